The summed E-state index contributed by atoms with van der Waals surface area (Å²) in [5.41, 5.74) is 1.32. The van der Waals surface area contributed by atoms with Crippen LogP contribution in [0.25, 0.3) is 0 Å². The minimum atomic E-state index is -3.63. The summed E-state index contributed by atoms with van der Waals surface area (Å²) in [6.07, 6.45) is 3.79. The number of anilines is 1. The number of nitrogens with one attached hydrogen (secondary N) is 1. The van der Waals surface area contributed by atoms with Crippen LogP contribution in [0.15, 0.2) is 47.4 Å². The van der Waals surface area contributed by atoms with Crippen LogP contribution in [-0.2, 0) is 21.4 Å². The van der Waals surface area contributed by atoms with E-state index in [9.17, 15) is 13.2 Å². The van der Waals surface area contributed by atoms with E-state index in [4.69, 9.17) is 23.2 Å². The first-order valence-electron chi connectivity index (χ1n) is 10.3. The van der Waals surface area contributed by atoms with Crippen LogP contribution in [0.1, 0.15) is 31.2 Å². The number of halogens is 2. The van der Waals surface area contributed by atoms with E-state index in [0.717, 1.165) is 31.2 Å². The minimum absolute atomic E-state index is 0.127. The molecule has 0 bridgehead atoms. The number of sulfonamides is 1. The van der Waals surface area contributed by atoms with Crippen LogP contribution in [0.2, 0.25) is 10.0 Å². The Morgan fingerprint density at radius 1 is 1.03 bits per heavy atom. The molecule has 0 unspecified atom stereocenters. The summed E-state index contributed by atoms with van der Waals surface area (Å²) in [5, 5.41) is 3.70. The lowest BCUT2D eigenvalue weighted by Crippen LogP contribution is -2.32. The summed E-state index contributed by atoms with van der Waals surface area (Å²) in [7, 11) is -1.80. The van der Waals surface area contributed by atoms with E-state index in [0.29, 0.717) is 35.4 Å². The van der Waals surface area contributed by atoms with Gasteiger partial charge in [-0.2, -0.15) is 4.31 Å². The smallest absolute Gasteiger partial charge is 0.243 e. The number of rotatable bonds is 7. The standard InChI is InChI=1S/C22H27Cl2N3O3S/c1-26(15-17-6-8-18(23)9-7-17)16-22(28)25-21-14-19(10-11-20(21)24)31(29,30)27-12-4-2-3-5-13-27/h6-11,14H,2-5,12-13,15-16H2,1H3,(H,25,28). The molecule has 2 aromatic carbocycles. The van der Waals surface area contributed by atoms with Crippen molar-refractivity contribution in [3.63, 3.8) is 0 Å². The molecule has 6 nitrogen and oxygen atoms in total. The summed E-state index contributed by atoms with van der Waals surface area (Å²) in [4.78, 5) is 14.5. The Kier molecular flexibility index (Phi) is 8.36. The van der Waals surface area contributed by atoms with Gasteiger partial charge in [0.25, 0.3) is 0 Å². The summed E-state index contributed by atoms with van der Waals surface area (Å²) in [6, 6.07) is 11.9. The maximum absolute atomic E-state index is 13.0. The molecule has 1 N–H and O–H groups in total. The van der Waals surface area contributed by atoms with Gasteiger partial charge in [0.15, 0.2) is 0 Å². The molecule has 0 aliphatic carbocycles. The molecule has 31 heavy (non-hydrogen) atoms. The Bertz CT molecular complexity index is 1010. The van der Waals surface area contributed by atoms with Gasteiger partial charge >= 0.3 is 0 Å². The molecule has 2 aromatic rings. The topological polar surface area (TPSA) is 69.7 Å². The molecule has 0 aromatic heterocycles. The van der Waals surface area contributed by atoms with Crippen molar-refractivity contribution in [2.24, 2.45) is 0 Å². The Morgan fingerprint density at radius 2 is 1.68 bits per heavy atom. The Labute approximate surface area is 194 Å². The molecule has 1 fully saturated rings. The highest BCUT2D eigenvalue weighted by atomic mass is 35.5. The van der Waals surface area contributed by atoms with Gasteiger partial charge in [-0.15, -0.1) is 0 Å². The molecule has 3 rings (SSSR count). The maximum Gasteiger partial charge on any atom is 0.243 e. The first-order valence-corrected chi connectivity index (χ1v) is 12.5. The van der Waals surface area contributed by atoms with Crippen molar-refractivity contribution in [3.05, 3.63) is 58.1 Å². The number of carbonyl (C=O) groups is 1. The summed E-state index contributed by atoms with van der Waals surface area (Å²) < 4.78 is 27.6. The fraction of sp³-hybridized carbons (Fsp3) is 0.409. The van der Waals surface area contributed by atoms with Gasteiger partial charge in [-0.25, -0.2) is 8.42 Å². The van der Waals surface area contributed by atoms with Crippen molar-refractivity contribution in [2.75, 3.05) is 32.0 Å². The molecule has 0 spiro atoms. The van der Waals surface area contributed by atoms with Crippen molar-refractivity contribution in [2.45, 2.75) is 37.1 Å². The second-order valence-corrected chi connectivity index (χ2v) is 10.6. The first kappa shape index (κ1) is 24.0. The molecule has 1 heterocycles. The molecule has 0 atom stereocenters. The molecular formula is C22H27Cl2N3O3S. The van der Waals surface area contributed by atoms with E-state index in [-0.39, 0.29) is 17.3 Å². The highest BCUT2D eigenvalue weighted by Gasteiger charge is 2.26. The number of hydrogen-bond acceptors (Lipinski definition) is 4. The van der Waals surface area contributed by atoms with Crippen LogP contribution in [0, 0.1) is 0 Å². The van der Waals surface area contributed by atoms with Crippen LogP contribution >= 0.6 is 23.2 Å². The fourth-order valence-corrected chi connectivity index (χ4v) is 5.42. The maximum atomic E-state index is 13.0. The Morgan fingerprint density at radius 3 is 2.32 bits per heavy atom. The highest BCUT2D eigenvalue weighted by Crippen LogP contribution is 2.28. The molecule has 1 saturated heterocycles. The average Bonchev–Trinajstić information content (AvgIpc) is 3.01. The van der Waals surface area contributed by atoms with Gasteiger partial charge in [-0.1, -0.05) is 48.2 Å². The largest absolute Gasteiger partial charge is 0.324 e. The van der Waals surface area contributed by atoms with Gasteiger partial charge in [-0.05, 0) is 55.8 Å². The molecule has 9 heteroatoms. The molecular weight excluding hydrogens is 457 g/mol. The molecule has 168 valence electrons. The van der Waals surface area contributed by atoms with E-state index in [1.54, 1.807) is 12.1 Å². The SMILES string of the molecule is CN(CC(=O)Nc1cc(S(=O)(=O)N2CCCCCC2)ccc1Cl)Cc1ccc(Cl)cc1. The van der Waals surface area contributed by atoms with E-state index >= 15 is 0 Å². The van der Waals surface area contributed by atoms with Gasteiger partial charge in [0, 0.05) is 24.7 Å². The van der Waals surface area contributed by atoms with Crippen molar-refractivity contribution in [3.8, 4) is 0 Å². The predicted octanol–water partition coefficient (Wildman–Crippen LogP) is 4.63. The predicted molar refractivity (Wildman–Crippen MR) is 125 cm³/mol. The van der Waals surface area contributed by atoms with Crippen molar-refractivity contribution in [1.82, 2.24) is 9.21 Å². The number of nitrogens with zero attached hydrogens (tertiary/aromatic N) is 2. The summed E-state index contributed by atoms with van der Waals surface area (Å²) in [5.74, 6) is -0.275. The third-order valence-corrected chi connectivity index (χ3v) is 7.67. The number of benzene rings is 2. The Hall–Kier alpha value is -1.64. The van der Waals surface area contributed by atoms with E-state index in [2.05, 4.69) is 5.32 Å². The monoisotopic (exact) mass is 483 g/mol. The number of carbonyl (C=O) groups excluding carboxylic acids is 1. The van der Waals surface area contributed by atoms with Crippen LogP contribution in [0.3, 0.4) is 0 Å². The average molecular weight is 484 g/mol. The number of hydrogen-bond donors (Lipinski definition) is 1. The van der Waals surface area contributed by atoms with Crippen molar-refractivity contribution < 1.29 is 13.2 Å². The normalized spacial score (nSPS) is 15.6. The van der Waals surface area contributed by atoms with Gasteiger partial charge in [0.05, 0.1) is 22.2 Å². The number of likely N-dealkylation sites (N-methyl/N-ethyl adjacent to an activating group) is 1. The van der Waals surface area contributed by atoms with E-state index in [1.165, 1.54) is 22.5 Å². The van der Waals surface area contributed by atoms with Gasteiger partial charge in [0.2, 0.25) is 15.9 Å². The summed E-state index contributed by atoms with van der Waals surface area (Å²) >= 11 is 12.1. The zero-order valence-corrected chi connectivity index (χ0v) is 19.8. The molecule has 0 saturated carbocycles. The summed E-state index contributed by atoms with van der Waals surface area (Å²) in [6.45, 7) is 1.73. The molecule has 0 radical (unpaired) electrons. The van der Waals surface area contributed by atoms with Crippen LogP contribution in [-0.4, -0.2) is 50.2 Å². The van der Waals surface area contributed by atoms with Crippen LogP contribution in [0.5, 0.6) is 0 Å². The van der Waals surface area contributed by atoms with E-state index < -0.39 is 10.0 Å². The molecule has 1 aliphatic heterocycles. The molecule has 1 amide bonds. The van der Waals surface area contributed by atoms with Gasteiger partial charge < -0.3 is 5.32 Å². The van der Waals surface area contributed by atoms with Crippen LogP contribution < -0.4 is 5.32 Å². The third-order valence-electron chi connectivity index (χ3n) is 5.19. The van der Waals surface area contributed by atoms with Crippen molar-refractivity contribution >= 4 is 44.8 Å². The Balaban J connectivity index is 1.66. The third kappa shape index (κ3) is 6.67. The second-order valence-electron chi connectivity index (χ2n) is 7.81. The zero-order valence-electron chi connectivity index (χ0n) is 17.5. The van der Waals surface area contributed by atoms with Gasteiger partial charge in [0.1, 0.15) is 0 Å². The van der Waals surface area contributed by atoms with Gasteiger partial charge in [-0.3, -0.25) is 9.69 Å². The van der Waals surface area contributed by atoms with E-state index in [1.807, 2.05) is 24.1 Å². The van der Waals surface area contributed by atoms with Crippen LogP contribution in [0.4, 0.5) is 5.69 Å². The lowest BCUT2D eigenvalue weighted by molar-refractivity contribution is -0.117. The number of amides is 1. The minimum Gasteiger partial charge on any atom is -0.324 e. The lowest BCUT2D eigenvalue weighted by Gasteiger charge is -2.21. The fourth-order valence-electron chi connectivity index (χ4n) is 3.58. The zero-order chi connectivity index (χ0) is 22.4. The first-order chi connectivity index (χ1) is 14.8. The lowest BCUT2D eigenvalue weighted by atomic mass is 10.2. The quantitative estimate of drug-likeness (QED) is 0.622. The second kappa shape index (κ2) is 10.8. The highest BCUT2D eigenvalue weighted by molar-refractivity contribution is 7.89. The van der Waals surface area contributed by atoms with Crippen molar-refractivity contribution in [1.29, 1.82) is 0 Å². The molecule has 1 aliphatic rings.